The van der Waals surface area contributed by atoms with Gasteiger partial charge in [0.15, 0.2) is 5.03 Å². The molecule has 1 N–H and O–H groups in total. The number of aromatic amines is 1. The predicted octanol–water partition coefficient (Wildman–Crippen LogP) is 1.82. The number of sulfonamides is 1. The fourth-order valence-corrected chi connectivity index (χ4v) is 4.19. The molecule has 1 fully saturated rings. The molecule has 0 radical (unpaired) electrons. The summed E-state index contributed by atoms with van der Waals surface area (Å²) in [4.78, 5) is 1.06. The second kappa shape index (κ2) is 4.49. The van der Waals surface area contributed by atoms with E-state index in [-0.39, 0.29) is 11.1 Å². The van der Waals surface area contributed by atoms with Gasteiger partial charge in [-0.15, -0.1) is 11.3 Å². The number of hydrogen-bond donors (Lipinski definition) is 1. The van der Waals surface area contributed by atoms with Crippen LogP contribution in [0.1, 0.15) is 17.7 Å². The molecule has 7 heteroatoms. The van der Waals surface area contributed by atoms with Crippen molar-refractivity contribution >= 4 is 21.4 Å². The van der Waals surface area contributed by atoms with E-state index in [1.54, 1.807) is 15.6 Å². The molecule has 0 aromatic carbocycles. The molecule has 0 amide bonds. The molecule has 0 atom stereocenters. The summed E-state index contributed by atoms with van der Waals surface area (Å²) >= 11 is 1.58. The minimum absolute atomic E-state index is 0.139. The Morgan fingerprint density at radius 1 is 1.44 bits per heavy atom. The third-order valence-electron chi connectivity index (χ3n) is 2.91. The van der Waals surface area contributed by atoms with Crippen molar-refractivity contribution < 1.29 is 8.42 Å². The van der Waals surface area contributed by atoms with Crippen LogP contribution in [0.2, 0.25) is 0 Å². The van der Waals surface area contributed by atoms with E-state index < -0.39 is 10.0 Å². The second-order valence-electron chi connectivity index (χ2n) is 4.28. The molecular formula is C11H13N3O2S2. The van der Waals surface area contributed by atoms with Crippen molar-refractivity contribution in [1.82, 2.24) is 14.5 Å². The van der Waals surface area contributed by atoms with Crippen molar-refractivity contribution in [3.05, 3.63) is 34.7 Å². The Kier molecular flexibility index (Phi) is 2.96. The molecule has 3 rings (SSSR count). The molecule has 0 bridgehead atoms. The molecule has 0 aliphatic heterocycles. The number of rotatable bonds is 5. The van der Waals surface area contributed by atoms with Crippen LogP contribution in [0.5, 0.6) is 0 Å². The van der Waals surface area contributed by atoms with Gasteiger partial charge in [0.2, 0.25) is 0 Å². The van der Waals surface area contributed by atoms with Gasteiger partial charge in [0, 0.05) is 17.5 Å². The lowest BCUT2D eigenvalue weighted by molar-refractivity contribution is 0.399. The Morgan fingerprint density at radius 2 is 2.28 bits per heavy atom. The van der Waals surface area contributed by atoms with Gasteiger partial charge in [-0.1, -0.05) is 6.07 Å². The molecule has 0 spiro atoms. The van der Waals surface area contributed by atoms with E-state index in [2.05, 4.69) is 10.2 Å². The molecule has 2 aromatic heterocycles. The molecule has 2 aromatic rings. The van der Waals surface area contributed by atoms with Crippen LogP contribution in [-0.2, 0) is 16.6 Å². The predicted molar refractivity (Wildman–Crippen MR) is 68.7 cm³/mol. The lowest BCUT2D eigenvalue weighted by Crippen LogP contribution is -2.32. The van der Waals surface area contributed by atoms with Crippen molar-refractivity contribution in [3.63, 3.8) is 0 Å². The van der Waals surface area contributed by atoms with E-state index in [0.717, 1.165) is 17.7 Å². The molecule has 5 nitrogen and oxygen atoms in total. The third kappa shape index (κ3) is 2.21. The Hall–Kier alpha value is -1.18. The summed E-state index contributed by atoms with van der Waals surface area (Å²) in [5, 5.41) is 8.40. The second-order valence-corrected chi connectivity index (χ2v) is 7.17. The van der Waals surface area contributed by atoms with Crippen LogP contribution in [0.4, 0.5) is 0 Å². The van der Waals surface area contributed by atoms with Gasteiger partial charge in [-0.25, -0.2) is 8.42 Å². The van der Waals surface area contributed by atoms with E-state index in [0.29, 0.717) is 6.54 Å². The highest BCUT2D eigenvalue weighted by Gasteiger charge is 2.38. The Balaban J connectivity index is 1.90. The zero-order valence-corrected chi connectivity index (χ0v) is 11.2. The highest BCUT2D eigenvalue weighted by Crippen LogP contribution is 2.33. The molecule has 0 unspecified atom stereocenters. The number of hydrogen-bond acceptors (Lipinski definition) is 4. The largest absolute Gasteiger partial charge is 0.266 e. The van der Waals surface area contributed by atoms with E-state index >= 15 is 0 Å². The summed E-state index contributed by atoms with van der Waals surface area (Å²) in [7, 11) is -3.45. The van der Waals surface area contributed by atoms with Crippen LogP contribution >= 0.6 is 11.3 Å². The minimum Gasteiger partial charge on any atom is -0.266 e. The summed E-state index contributed by atoms with van der Waals surface area (Å²) < 4.78 is 26.5. The average molecular weight is 283 g/mol. The summed E-state index contributed by atoms with van der Waals surface area (Å²) in [6.07, 6.45) is 3.35. The lowest BCUT2D eigenvalue weighted by Gasteiger charge is -2.19. The summed E-state index contributed by atoms with van der Waals surface area (Å²) in [6.45, 7) is 0.448. The van der Waals surface area contributed by atoms with Crippen LogP contribution in [0.15, 0.2) is 34.8 Å². The lowest BCUT2D eigenvalue weighted by atomic mass is 10.4. The summed E-state index contributed by atoms with van der Waals surface area (Å²) in [5.41, 5.74) is 0. The number of aromatic nitrogens is 2. The molecule has 1 saturated carbocycles. The zero-order chi connectivity index (χ0) is 12.6. The maximum atomic E-state index is 12.5. The zero-order valence-electron chi connectivity index (χ0n) is 9.61. The number of thiophene rings is 1. The van der Waals surface area contributed by atoms with Crippen LogP contribution in [0, 0.1) is 0 Å². The first-order chi connectivity index (χ1) is 8.68. The molecule has 2 heterocycles. The van der Waals surface area contributed by atoms with Gasteiger partial charge in [-0.3, -0.25) is 5.10 Å². The normalized spacial score (nSPS) is 16.3. The molecule has 18 heavy (non-hydrogen) atoms. The molecule has 96 valence electrons. The Morgan fingerprint density at radius 3 is 2.83 bits per heavy atom. The molecule has 1 aliphatic rings. The first-order valence-corrected chi connectivity index (χ1v) is 8.03. The maximum Gasteiger partial charge on any atom is 0.260 e. The maximum absolute atomic E-state index is 12.5. The van der Waals surface area contributed by atoms with Gasteiger partial charge in [-0.2, -0.15) is 9.40 Å². The standard InChI is InChI=1S/C11H13N3O2S2/c15-18(16,11-5-6-12-13-11)14(9-3-4-9)8-10-2-1-7-17-10/h1-2,5-7,9H,3-4,8H2,(H,12,13). The first kappa shape index (κ1) is 11.9. The van der Waals surface area contributed by atoms with Crippen molar-refractivity contribution in [1.29, 1.82) is 0 Å². The van der Waals surface area contributed by atoms with Gasteiger partial charge < -0.3 is 0 Å². The molecule has 1 aliphatic carbocycles. The Labute approximate surface area is 110 Å². The van der Waals surface area contributed by atoms with Gasteiger partial charge in [-0.05, 0) is 30.4 Å². The van der Waals surface area contributed by atoms with Crippen LogP contribution in [0.3, 0.4) is 0 Å². The SMILES string of the molecule is O=S(=O)(c1ccn[nH]1)N(Cc1cccs1)C1CC1. The van der Waals surface area contributed by atoms with Gasteiger partial charge in [0.25, 0.3) is 10.0 Å². The average Bonchev–Trinajstić information content (AvgIpc) is 2.87. The smallest absolute Gasteiger partial charge is 0.260 e. The third-order valence-corrected chi connectivity index (χ3v) is 5.60. The van der Waals surface area contributed by atoms with Crippen LogP contribution < -0.4 is 0 Å². The van der Waals surface area contributed by atoms with Crippen LogP contribution in [0.25, 0.3) is 0 Å². The summed E-state index contributed by atoms with van der Waals surface area (Å²) in [6, 6.07) is 5.54. The van der Waals surface area contributed by atoms with E-state index in [9.17, 15) is 8.42 Å². The van der Waals surface area contributed by atoms with Crippen molar-refractivity contribution in [2.75, 3.05) is 0 Å². The first-order valence-electron chi connectivity index (χ1n) is 5.71. The molecular weight excluding hydrogens is 270 g/mol. The fraction of sp³-hybridized carbons (Fsp3) is 0.364. The fourth-order valence-electron chi connectivity index (χ4n) is 1.84. The van der Waals surface area contributed by atoms with Crippen molar-refractivity contribution in [3.8, 4) is 0 Å². The monoisotopic (exact) mass is 283 g/mol. The number of H-pyrrole nitrogens is 1. The van der Waals surface area contributed by atoms with Gasteiger partial charge >= 0.3 is 0 Å². The van der Waals surface area contributed by atoms with E-state index in [1.165, 1.54) is 12.3 Å². The number of nitrogens with zero attached hydrogens (tertiary/aromatic N) is 2. The van der Waals surface area contributed by atoms with E-state index in [4.69, 9.17) is 0 Å². The van der Waals surface area contributed by atoms with Crippen molar-refractivity contribution in [2.24, 2.45) is 0 Å². The van der Waals surface area contributed by atoms with Gasteiger partial charge in [0.1, 0.15) is 0 Å². The van der Waals surface area contributed by atoms with E-state index in [1.807, 2.05) is 17.5 Å². The quantitative estimate of drug-likeness (QED) is 0.910. The topological polar surface area (TPSA) is 66.1 Å². The summed E-state index contributed by atoms with van der Waals surface area (Å²) in [5.74, 6) is 0. The molecule has 0 saturated heterocycles. The highest BCUT2D eigenvalue weighted by atomic mass is 32.2. The van der Waals surface area contributed by atoms with Crippen molar-refractivity contribution in [2.45, 2.75) is 30.5 Å². The Bertz CT molecular complexity index is 601. The highest BCUT2D eigenvalue weighted by molar-refractivity contribution is 7.89. The number of nitrogens with one attached hydrogen (secondary N) is 1. The minimum atomic E-state index is -3.45. The van der Waals surface area contributed by atoms with Gasteiger partial charge in [0.05, 0.1) is 6.20 Å². The van der Waals surface area contributed by atoms with Crippen LogP contribution in [-0.4, -0.2) is 29.0 Å².